The highest BCUT2D eigenvalue weighted by molar-refractivity contribution is 5.40. The minimum absolute atomic E-state index is 0.407. The third kappa shape index (κ3) is 1.86. The van der Waals surface area contributed by atoms with Crippen molar-refractivity contribution in [2.45, 2.75) is 37.6 Å². The molecule has 0 amide bonds. The van der Waals surface area contributed by atoms with Gasteiger partial charge in [0.25, 0.3) is 0 Å². The molecule has 2 aliphatic rings. The summed E-state index contributed by atoms with van der Waals surface area (Å²) < 4.78 is 0. The Morgan fingerprint density at radius 2 is 2.13 bits per heavy atom. The smallest absolute Gasteiger partial charge is 0.115 e. The molecule has 1 saturated carbocycles. The number of aromatic hydroxyl groups is 1. The zero-order valence-corrected chi connectivity index (χ0v) is 8.87. The molecule has 0 heterocycles. The van der Waals surface area contributed by atoms with Crippen molar-refractivity contribution in [2.24, 2.45) is 0 Å². The van der Waals surface area contributed by atoms with Crippen LogP contribution in [-0.4, -0.2) is 17.7 Å². The van der Waals surface area contributed by atoms with Crippen LogP contribution in [0.2, 0.25) is 0 Å². The molecular formula is C13H17NO. The Balaban J connectivity index is 1.72. The topological polar surface area (TPSA) is 32.3 Å². The quantitative estimate of drug-likeness (QED) is 0.789. The molecule has 1 atom stereocenters. The minimum Gasteiger partial charge on any atom is -0.508 e. The number of fused-ring (bicyclic) bond motifs is 1. The summed E-state index contributed by atoms with van der Waals surface area (Å²) in [6, 6.07) is 6.63. The molecule has 2 heteroatoms. The lowest BCUT2D eigenvalue weighted by molar-refractivity contribution is 0.474. The third-order valence-corrected chi connectivity index (χ3v) is 3.56. The molecule has 0 bridgehead atoms. The van der Waals surface area contributed by atoms with Crippen LogP contribution >= 0.6 is 0 Å². The van der Waals surface area contributed by atoms with Gasteiger partial charge >= 0.3 is 0 Å². The monoisotopic (exact) mass is 203 g/mol. The molecule has 2 aliphatic carbocycles. The van der Waals surface area contributed by atoms with Crippen LogP contribution in [0.5, 0.6) is 5.75 Å². The zero-order valence-electron chi connectivity index (χ0n) is 8.87. The lowest BCUT2D eigenvalue weighted by Gasteiger charge is -2.12. The van der Waals surface area contributed by atoms with Gasteiger partial charge in [-0.05, 0) is 54.9 Å². The molecule has 0 spiro atoms. The number of phenolic OH excluding ortho intramolecular Hbond substituents is 1. The first-order valence-corrected chi connectivity index (χ1v) is 5.88. The standard InChI is InChI=1S/C13H17NO/c15-12-5-6-13-9(7-12)1-2-10(13)8-14-11-3-4-11/h5-7,10-11,14-15H,1-4,8H2. The van der Waals surface area contributed by atoms with Crippen molar-refractivity contribution in [1.82, 2.24) is 5.32 Å². The number of nitrogens with one attached hydrogen (secondary N) is 1. The van der Waals surface area contributed by atoms with E-state index < -0.39 is 0 Å². The second kappa shape index (κ2) is 3.53. The first kappa shape index (κ1) is 9.22. The van der Waals surface area contributed by atoms with E-state index in [-0.39, 0.29) is 0 Å². The summed E-state index contributed by atoms with van der Waals surface area (Å²) in [4.78, 5) is 0. The fourth-order valence-electron chi connectivity index (χ4n) is 2.50. The van der Waals surface area contributed by atoms with E-state index in [2.05, 4.69) is 11.4 Å². The summed E-state index contributed by atoms with van der Waals surface area (Å²) in [5.74, 6) is 1.07. The first-order valence-electron chi connectivity index (χ1n) is 5.88. The molecule has 1 fully saturated rings. The van der Waals surface area contributed by atoms with Crippen LogP contribution in [0.4, 0.5) is 0 Å². The molecule has 1 aromatic rings. The second-order valence-electron chi connectivity index (χ2n) is 4.80. The largest absolute Gasteiger partial charge is 0.508 e. The number of benzene rings is 1. The number of phenols is 1. The van der Waals surface area contributed by atoms with Crippen LogP contribution in [0.25, 0.3) is 0 Å². The molecular weight excluding hydrogens is 186 g/mol. The first-order chi connectivity index (χ1) is 7.33. The molecule has 0 aliphatic heterocycles. The number of rotatable bonds is 3. The molecule has 3 rings (SSSR count). The van der Waals surface area contributed by atoms with Crippen LogP contribution in [0, 0.1) is 0 Å². The van der Waals surface area contributed by atoms with E-state index in [0.717, 1.165) is 19.0 Å². The maximum absolute atomic E-state index is 9.40. The maximum Gasteiger partial charge on any atom is 0.115 e. The molecule has 0 saturated heterocycles. The van der Waals surface area contributed by atoms with Crippen LogP contribution in [0.3, 0.4) is 0 Å². The van der Waals surface area contributed by atoms with E-state index in [1.54, 1.807) is 0 Å². The highest BCUT2D eigenvalue weighted by atomic mass is 16.3. The third-order valence-electron chi connectivity index (χ3n) is 3.56. The maximum atomic E-state index is 9.40. The minimum atomic E-state index is 0.407. The normalized spacial score (nSPS) is 24.1. The number of hydrogen-bond acceptors (Lipinski definition) is 2. The summed E-state index contributed by atoms with van der Waals surface area (Å²) >= 11 is 0. The van der Waals surface area contributed by atoms with Gasteiger partial charge in [-0.2, -0.15) is 0 Å². The van der Waals surface area contributed by atoms with Crippen molar-refractivity contribution in [2.75, 3.05) is 6.54 Å². The van der Waals surface area contributed by atoms with E-state index in [9.17, 15) is 5.11 Å². The number of aryl methyl sites for hydroxylation is 1. The van der Waals surface area contributed by atoms with E-state index in [1.807, 2.05) is 12.1 Å². The van der Waals surface area contributed by atoms with Gasteiger partial charge in [-0.3, -0.25) is 0 Å². The van der Waals surface area contributed by atoms with Gasteiger partial charge < -0.3 is 10.4 Å². The highest BCUT2D eigenvalue weighted by Gasteiger charge is 2.26. The summed E-state index contributed by atoms with van der Waals surface area (Å²) in [6.07, 6.45) is 5.07. The molecule has 2 N–H and O–H groups in total. The lowest BCUT2D eigenvalue weighted by Crippen LogP contribution is -2.22. The van der Waals surface area contributed by atoms with Gasteiger partial charge in [0.1, 0.15) is 5.75 Å². The van der Waals surface area contributed by atoms with Crippen molar-refractivity contribution < 1.29 is 5.11 Å². The summed E-state index contributed by atoms with van der Waals surface area (Å²) in [6.45, 7) is 1.11. The average molecular weight is 203 g/mol. The van der Waals surface area contributed by atoms with Crippen molar-refractivity contribution in [3.8, 4) is 5.75 Å². The average Bonchev–Trinajstić information content (AvgIpc) is 2.97. The Kier molecular flexibility index (Phi) is 2.17. The predicted octanol–water partition coefficient (Wildman–Crippen LogP) is 2.17. The molecule has 15 heavy (non-hydrogen) atoms. The summed E-state index contributed by atoms with van der Waals surface area (Å²) in [5, 5.41) is 13.0. The van der Waals surface area contributed by atoms with Gasteiger partial charge in [-0.15, -0.1) is 0 Å². The van der Waals surface area contributed by atoms with Crippen LogP contribution in [0.1, 0.15) is 36.3 Å². The molecule has 1 aromatic carbocycles. The SMILES string of the molecule is Oc1ccc2c(c1)CCC2CNC1CC1. The van der Waals surface area contributed by atoms with Gasteiger partial charge in [-0.1, -0.05) is 6.07 Å². The van der Waals surface area contributed by atoms with E-state index in [4.69, 9.17) is 0 Å². The van der Waals surface area contributed by atoms with Gasteiger partial charge in [0.2, 0.25) is 0 Å². The van der Waals surface area contributed by atoms with Crippen LogP contribution in [0.15, 0.2) is 18.2 Å². The van der Waals surface area contributed by atoms with Crippen molar-refractivity contribution >= 4 is 0 Å². The zero-order chi connectivity index (χ0) is 10.3. The Bertz CT molecular complexity index is 371. The molecule has 0 aromatic heterocycles. The summed E-state index contributed by atoms with van der Waals surface area (Å²) in [7, 11) is 0. The summed E-state index contributed by atoms with van der Waals surface area (Å²) in [5.41, 5.74) is 2.79. The Hall–Kier alpha value is -1.02. The molecule has 1 unspecified atom stereocenters. The van der Waals surface area contributed by atoms with E-state index >= 15 is 0 Å². The van der Waals surface area contributed by atoms with Crippen molar-refractivity contribution in [3.63, 3.8) is 0 Å². The highest BCUT2D eigenvalue weighted by Crippen LogP contribution is 2.35. The van der Waals surface area contributed by atoms with Gasteiger partial charge in [0.05, 0.1) is 0 Å². The van der Waals surface area contributed by atoms with Gasteiger partial charge in [-0.25, -0.2) is 0 Å². The van der Waals surface area contributed by atoms with Gasteiger partial charge in [0.15, 0.2) is 0 Å². The molecule has 80 valence electrons. The van der Waals surface area contributed by atoms with Crippen LogP contribution < -0.4 is 5.32 Å². The Morgan fingerprint density at radius 3 is 2.93 bits per heavy atom. The lowest BCUT2D eigenvalue weighted by atomic mass is 10.0. The van der Waals surface area contributed by atoms with Crippen molar-refractivity contribution in [3.05, 3.63) is 29.3 Å². The predicted molar refractivity (Wildman–Crippen MR) is 60.2 cm³/mol. The Morgan fingerprint density at radius 1 is 1.27 bits per heavy atom. The fourth-order valence-corrected chi connectivity index (χ4v) is 2.50. The molecule has 0 radical (unpaired) electrons. The fraction of sp³-hybridized carbons (Fsp3) is 0.538. The molecule has 2 nitrogen and oxygen atoms in total. The van der Waals surface area contributed by atoms with E-state index in [0.29, 0.717) is 11.7 Å². The number of hydrogen-bond donors (Lipinski definition) is 2. The second-order valence-corrected chi connectivity index (χ2v) is 4.80. The van der Waals surface area contributed by atoms with Gasteiger partial charge in [0, 0.05) is 12.6 Å². The van der Waals surface area contributed by atoms with E-state index in [1.165, 1.54) is 30.4 Å². The Labute approximate surface area is 90.3 Å². The van der Waals surface area contributed by atoms with Crippen LogP contribution in [-0.2, 0) is 6.42 Å². The van der Waals surface area contributed by atoms with Crippen molar-refractivity contribution in [1.29, 1.82) is 0 Å².